The summed E-state index contributed by atoms with van der Waals surface area (Å²) < 4.78 is 51.2. The van der Waals surface area contributed by atoms with Gasteiger partial charge in [-0.25, -0.2) is 0 Å². The second-order valence-corrected chi connectivity index (χ2v) is 48.4. The molecule has 6 aromatic heterocycles. The van der Waals surface area contributed by atoms with Gasteiger partial charge in [-0.05, 0) is 327 Å². The Labute approximate surface area is 848 Å². The van der Waals surface area contributed by atoms with Crippen LogP contribution in [0.3, 0.4) is 0 Å². The molecule has 0 N–H and O–H groups in total. The molecule has 0 bridgehead atoms. The van der Waals surface area contributed by atoms with Gasteiger partial charge in [0.1, 0.15) is 0 Å². The van der Waals surface area contributed by atoms with Gasteiger partial charge in [0.25, 0.3) is 0 Å². The van der Waals surface area contributed by atoms with Gasteiger partial charge in [-0.1, -0.05) is 263 Å². The molecule has 5 aliphatic rings. The Morgan fingerprint density at radius 1 is 0.315 bits per heavy atom. The quantitative estimate of drug-likeness (QED) is 0.0212. The predicted molar refractivity (Wildman–Crippen MR) is 585 cm³/mol. The van der Waals surface area contributed by atoms with Crippen LogP contribution in [-0.4, -0.2) is 81.4 Å². The van der Waals surface area contributed by atoms with Gasteiger partial charge in [-0.15, -0.1) is 68.0 Å². The molecule has 0 aromatic carbocycles. The third kappa shape index (κ3) is 47.2. The molecule has 11 rings (SSSR count). The molecule has 6 aromatic rings. The Hall–Kier alpha value is -0.848. The van der Waals surface area contributed by atoms with Gasteiger partial charge in [0.05, 0.1) is 37.4 Å². The van der Waals surface area contributed by atoms with E-state index in [-0.39, 0.29) is 73.8 Å². The molecule has 11 heterocycles. The van der Waals surface area contributed by atoms with Crippen molar-refractivity contribution >= 4 is 115 Å². The average molecular weight is 1970 g/mol. The zero-order chi connectivity index (χ0) is 95.0. The van der Waals surface area contributed by atoms with Crippen LogP contribution in [0.2, 0.25) is 5.82 Å². The smallest absolute Gasteiger partial charge is 0.403 e. The SMILES string of the molecule is C1CCOC1.C1CCOC1.CC(C)B1OC(C)(C)C(C)(C)O1.CCCCCCc1cc(CCCCCC)c(-c2cc(CCCCCC)c(B3OC(C)(C)C(C)(C)O3)s2)s1.CCCCCCc1cc(CCCCCC)c(B2OC(C)(C)C(C)(C)O2)s1.CCCCCCc1csc(-c2sc(CCCCCC)cc2CCCCCC)c1.CCCCCCc1csc(Br)c1.[CH2-]CCC.[Li+]. The molecular weight excluding hydrogens is 1770 g/mol. The van der Waals surface area contributed by atoms with Crippen molar-refractivity contribution in [3.05, 3.63) is 106 Å². The van der Waals surface area contributed by atoms with Crippen LogP contribution in [0.4, 0.5) is 0 Å². The van der Waals surface area contributed by atoms with Crippen molar-refractivity contribution in [2.24, 2.45) is 0 Å². The average Bonchev–Trinajstić information content (AvgIpc) is 1.61. The van der Waals surface area contributed by atoms with Gasteiger partial charge in [0.15, 0.2) is 0 Å². The second kappa shape index (κ2) is 69.9. The fourth-order valence-electron chi connectivity index (χ4n) is 15.8. The Morgan fingerprint density at radius 2 is 0.592 bits per heavy atom. The Kier molecular flexibility index (Phi) is 66.3. The Balaban J connectivity index is 0.000000419. The molecule has 0 amide bonds. The van der Waals surface area contributed by atoms with E-state index < -0.39 is 0 Å². The molecule has 0 unspecified atom stereocenters. The molecule has 19 heteroatoms. The third-order valence-electron chi connectivity index (χ3n) is 26.6. The van der Waals surface area contributed by atoms with Crippen LogP contribution in [0.15, 0.2) is 50.9 Å². The van der Waals surface area contributed by atoms with Crippen molar-refractivity contribution < 1.29 is 56.3 Å². The summed E-state index contributed by atoms with van der Waals surface area (Å²) in [5.74, 6) is 0.422. The maximum absolute atomic E-state index is 6.56. The molecular formula is C111H193B3BrLiO8S6. The summed E-state index contributed by atoms with van der Waals surface area (Å²) >= 11 is 15.3. The minimum absolute atomic E-state index is 0. The minimum Gasteiger partial charge on any atom is -0.403 e. The van der Waals surface area contributed by atoms with E-state index >= 15 is 0 Å². The molecule has 130 heavy (non-hydrogen) atoms. The van der Waals surface area contributed by atoms with Crippen molar-refractivity contribution in [3.63, 3.8) is 0 Å². The van der Waals surface area contributed by atoms with Crippen LogP contribution in [0.1, 0.15) is 484 Å². The zero-order valence-electron chi connectivity index (χ0n) is 88.6. The first-order chi connectivity index (χ1) is 61.8. The van der Waals surface area contributed by atoms with E-state index in [1.165, 1.54) is 358 Å². The number of ether oxygens (including phenoxy) is 2. The Bertz CT molecular complexity index is 3670. The molecule has 738 valence electrons. The molecule has 5 saturated heterocycles. The van der Waals surface area contributed by atoms with E-state index in [2.05, 4.69) is 259 Å². The van der Waals surface area contributed by atoms with Gasteiger partial charge >= 0.3 is 40.2 Å². The summed E-state index contributed by atoms with van der Waals surface area (Å²) in [5.41, 5.74) is 7.68. The maximum atomic E-state index is 6.56. The standard InChI is InChI=1S/C32H53BO2S2.C26H42S2.C22H39BO2S.C10H15BrS.C9H19BO2.2C4H8O.C4H9.Li/c1-8-11-14-17-20-25-23-27(22-19-16-13-10-3)36-29(25)28-24-26(21-18-15-12-9-2)30(37-28)33-34-31(4,5)32(6,7)35-33;1-4-7-10-13-16-22-19-25(27-21-22)26-23(17-14-11-8-5-2)20-24(28-26)18-15-12-9-6-3;1-7-9-11-13-15-18-17-19(16-14-12-10-8-2)26-20(18)23-24-21(3,4)22(5,6)25-23;1-2-3-4-5-6-9-7-10(11)12-8-9;1-7(2)10-11-8(3,4)9(5,6)12-10;2*1-2-4-5-3-1;1-3-4-2;/h23-24H,8-22H2,1-7H3;19-21H,4-18H2,1-3H3;17H,7-16H2,1-6H3;7-8H,2-6H2,1H3;7H,1-6H3;2*1-4H2;1,3-4H2,2H3;/q;;;;;;;-1;+1. The van der Waals surface area contributed by atoms with Crippen LogP contribution in [0, 0.1) is 6.92 Å². The first-order valence-corrected chi connectivity index (χ1v) is 58.9. The fourth-order valence-corrected chi connectivity index (χ4v) is 23.2. The van der Waals surface area contributed by atoms with Gasteiger partial charge in [-0.3, -0.25) is 0 Å². The van der Waals surface area contributed by atoms with E-state index in [4.69, 9.17) is 37.4 Å². The van der Waals surface area contributed by atoms with Gasteiger partial charge < -0.3 is 44.3 Å². The molecule has 5 fully saturated rings. The first kappa shape index (κ1) is 123. The van der Waals surface area contributed by atoms with Crippen LogP contribution in [0.5, 0.6) is 0 Å². The van der Waals surface area contributed by atoms with Gasteiger partial charge in [0.2, 0.25) is 0 Å². The zero-order valence-corrected chi connectivity index (χ0v) is 95.1. The summed E-state index contributed by atoms with van der Waals surface area (Å²) in [4.78, 5) is 10.8. The maximum Gasteiger partial charge on any atom is 1.00 e. The largest absolute Gasteiger partial charge is 1.00 e. The molecule has 5 aliphatic heterocycles. The van der Waals surface area contributed by atoms with Crippen LogP contribution in [-0.2, 0) is 95.2 Å². The minimum atomic E-state index is -0.305. The van der Waals surface area contributed by atoms with E-state index in [1.54, 1.807) is 42.7 Å². The predicted octanol–water partition coefficient (Wildman–Crippen LogP) is 33.6. The molecule has 0 atom stereocenters. The number of rotatable bonds is 51. The third-order valence-corrected chi connectivity index (χ3v) is 34.4. The number of hydrogen-bond donors (Lipinski definition) is 0. The van der Waals surface area contributed by atoms with Crippen LogP contribution < -0.4 is 28.4 Å². The van der Waals surface area contributed by atoms with Gasteiger partial charge in [-0.2, -0.15) is 6.42 Å². The van der Waals surface area contributed by atoms with Gasteiger partial charge in [0, 0.05) is 70.1 Å². The summed E-state index contributed by atoms with van der Waals surface area (Å²) in [6.07, 6.45) is 66.3. The van der Waals surface area contributed by atoms with Crippen LogP contribution >= 0.6 is 84.0 Å². The molecule has 0 aliphatic carbocycles. The number of hydrogen-bond acceptors (Lipinski definition) is 14. The summed E-state index contributed by atoms with van der Waals surface area (Å²) in [6.45, 7) is 60.1. The van der Waals surface area contributed by atoms with Crippen LogP contribution in [0.25, 0.3) is 19.5 Å². The van der Waals surface area contributed by atoms with E-state index in [0.29, 0.717) is 5.82 Å². The van der Waals surface area contributed by atoms with Crippen molar-refractivity contribution in [2.75, 3.05) is 26.4 Å². The summed E-state index contributed by atoms with van der Waals surface area (Å²) in [6, 6.07) is 14.8. The van der Waals surface area contributed by atoms with Crippen molar-refractivity contribution in [1.29, 1.82) is 0 Å². The second-order valence-electron chi connectivity index (χ2n) is 40.6. The monoisotopic (exact) mass is 1970 g/mol. The Morgan fingerprint density at radius 3 is 0.892 bits per heavy atom. The summed E-state index contributed by atoms with van der Waals surface area (Å²) in [7, 11) is -0.503. The first-order valence-electron chi connectivity index (χ1n) is 53.1. The molecule has 0 radical (unpaired) electrons. The molecule has 0 saturated carbocycles. The van der Waals surface area contributed by atoms with Crippen molar-refractivity contribution in [2.45, 2.75) is 533 Å². The summed E-state index contributed by atoms with van der Waals surface area (Å²) in [5, 5.41) is 4.67. The van der Waals surface area contributed by atoms with E-state index in [0.717, 1.165) is 45.7 Å². The fraction of sp³-hybridized carbons (Fsp3) is 0.775. The van der Waals surface area contributed by atoms with E-state index in [9.17, 15) is 0 Å². The molecule has 8 nitrogen and oxygen atoms in total. The topological polar surface area (TPSA) is 73.8 Å². The number of unbranched alkanes of at least 4 members (excludes halogenated alkanes) is 28. The van der Waals surface area contributed by atoms with E-state index in [1.807, 2.05) is 34.0 Å². The molecule has 0 spiro atoms. The van der Waals surface area contributed by atoms with Crippen molar-refractivity contribution in [3.8, 4) is 19.5 Å². The normalized spacial score (nSPS) is 16.4. The van der Waals surface area contributed by atoms with Crippen molar-refractivity contribution in [1.82, 2.24) is 0 Å². The number of thiophene rings is 6. The number of aryl methyl sites for hydroxylation is 9. The number of halogens is 1.